The maximum absolute atomic E-state index is 14.0. The van der Waals surface area contributed by atoms with Gasteiger partial charge in [0.25, 0.3) is 0 Å². The molecule has 0 amide bonds. The van der Waals surface area contributed by atoms with Crippen molar-refractivity contribution in [2.45, 2.75) is 75.2 Å². The maximum Gasteiger partial charge on any atom is 0.459 e. The average Bonchev–Trinajstić information content (AvgIpc) is 3.69. The van der Waals surface area contributed by atoms with Gasteiger partial charge in [0, 0.05) is 6.42 Å². The Morgan fingerprint density at radius 1 is 1.28 bits per heavy atom. The van der Waals surface area contributed by atoms with Crippen molar-refractivity contribution in [1.82, 2.24) is 24.6 Å². The van der Waals surface area contributed by atoms with Crippen LogP contribution >= 0.6 is 7.75 Å². The van der Waals surface area contributed by atoms with Crippen molar-refractivity contribution in [2.75, 3.05) is 26.1 Å². The second-order valence-corrected chi connectivity index (χ2v) is 12.5. The summed E-state index contributed by atoms with van der Waals surface area (Å²) in [5.41, 5.74) is 5.42. The van der Waals surface area contributed by atoms with Crippen LogP contribution in [0.5, 0.6) is 11.6 Å². The highest BCUT2D eigenvalue weighted by Crippen LogP contribution is 2.51. The molecule has 6 atom stereocenters. The maximum atomic E-state index is 14.0. The molecule has 232 valence electrons. The molecular weight excluding hydrogens is 583 g/mol. The number of carbonyl (C=O) groups excluding carboxylic acids is 1. The predicted octanol–water partition coefficient (Wildman–Crippen LogP) is 2.50. The summed E-state index contributed by atoms with van der Waals surface area (Å²) in [6.07, 6.45) is 2.31. The van der Waals surface area contributed by atoms with Crippen molar-refractivity contribution >= 4 is 30.8 Å². The Hall–Kier alpha value is -3.33. The Kier molecular flexibility index (Phi) is 8.28. The molecule has 3 aromatic rings. The van der Waals surface area contributed by atoms with Crippen molar-refractivity contribution < 1.29 is 42.5 Å². The van der Waals surface area contributed by atoms with Crippen molar-refractivity contribution in [3.8, 4) is 11.6 Å². The summed E-state index contributed by atoms with van der Waals surface area (Å²) in [5.74, 6) is -0.141. The van der Waals surface area contributed by atoms with E-state index in [-0.39, 0.29) is 30.3 Å². The van der Waals surface area contributed by atoms with Gasteiger partial charge >= 0.3 is 13.7 Å². The Labute approximate surface area is 247 Å². The summed E-state index contributed by atoms with van der Waals surface area (Å²) in [5, 5.41) is 14.1. The van der Waals surface area contributed by atoms with Crippen LogP contribution in [0.2, 0.25) is 0 Å². The SMILES string of the molecule is COc1nc(N)nc2c1ncn2[C@@H]1O[C@H](CO[P@@](=O)(N[C@@H](C)C(=O)OC2CCCC2)Oc2ccccc2)[C@@H](O)[C@]12CCO2. The van der Waals surface area contributed by atoms with E-state index in [0.29, 0.717) is 24.2 Å². The zero-order valence-corrected chi connectivity index (χ0v) is 24.7. The third kappa shape index (κ3) is 5.80. The first-order chi connectivity index (χ1) is 20.7. The van der Waals surface area contributed by atoms with Gasteiger partial charge in [-0.15, -0.1) is 0 Å². The van der Waals surface area contributed by atoms with Gasteiger partial charge in [-0.05, 0) is 44.7 Å². The molecule has 0 bridgehead atoms. The van der Waals surface area contributed by atoms with Crippen LogP contribution in [0.4, 0.5) is 5.95 Å². The zero-order valence-electron chi connectivity index (χ0n) is 23.8. The molecule has 1 aliphatic carbocycles. The average molecular weight is 619 g/mol. The number of methoxy groups -OCH3 is 1. The van der Waals surface area contributed by atoms with Crippen LogP contribution in [0.15, 0.2) is 36.7 Å². The minimum atomic E-state index is -4.20. The number of nitrogens with zero attached hydrogens (tertiary/aromatic N) is 4. The van der Waals surface area contributed by atoms with E-state index in [4.69, 9.17) is 33.7 Å². The van der Waals surface area contributed by atoms with Gasteiger partial charge in [0.2, 0.25) is 11.8 Å². The summed E-state index contributed by atoms with van der Waals surface area (Å²) in [6.45, 7) is 1.56. The number of nitrogens with one attached hydrogen (secondary N) is 1. The molecule has 3 fully saturated rings. The van der Waals surface area contributed by atoms with Crippen LogP contribution in [-0.4, -0.2) is 80.9 Å². The number of hydrogen-bond acceptors (Lipinski definition) is 13. The van der Waals surface area contributed by atoms with Gasteiger partial charge < -0.3 is 34.3 Å². The molecular formula is C27H35N6O9P. The first-order valence-electron chi connectivity index (χ1n) is 14.2. The lowest BCUT2D eigenvalue weighted by Crippen LogP contribution is -2.56. The normalized spacial score (nSPS) is 27.6. The van der Waals surface area contributed by atoms with Crippen LogP contribution in [0, 0.1) is 0 Å². The second-order valence-electron chi connectivity index (χ2n) is 10.8. The number of anilines is 1. The van der Waals surface area contributed by atoms with Gasteiger partial charge in [0.15, 0.2) is 17.4 Å². The number of nitrogens with two attached hydrogens (primary N) is 1. The van der Waals surface area contributed by atoms with Crippen molar-refractivity contribution in [1.29, 1.82) is 0 Å². The van der Waals surface area contributed by atoms with Gasteiger partial charge in [-0.3, -0.25) is 13.9 Å². The summed E-state index contributed by atoms with van der Waals surface area (Å²) in [4.78, 5) is 25.5. The topological polar surface area (TPSA) is 191 Å². The monoisotopic (exact) mass is 618 g/mol. The van der Waals surface area contributed by atoms with E-state index in [9.17, 15) is 14.5 Å². The van der Waals surface area contributed by atoms with Gasteiger partial charge in [0.05, 0.1) is 26.7 Å². The van der Waals surface area contributed by atoms with Gasteiger partial charge in [-0.25, -0.2) is 9.55 Å². The lowest BCUT2D eigenvalue weighted by atomic mass is 9.86. The predicted molar refractivity (Wildman–Crippen MR) is 151 cm³/mol. The number of benzene rings is 1. The highest BCUT2D eigenvalue weighted by Gasteiger charge is 2.62. The molecule has 4 heterocycles. The van der Waals surface area contributed by atoms with E-state index in [1.807, 2.05) is 0 Å². The van der Waals surface area contributed by atoms with E-state index in [0.717, 1.165) is 25.7 Å². The minimum Gasteiger partial charge on any atom is -0.479 e. The van der Waals surface area contributed by atoms with Gasteiger partial charge in [0.1, 0.15) is 35.7 Å². The summed E-state index contributed by atoms with van der Waals surface area (Å²) in [6, 6.07) is 7.42. The Morgan fingerprint density at radius 3 is 2.70 bits per heavy atom. The fraction of sp³-hybridized carbons (Fsp3) is 0.556. The first-order valence-corrected chi connectivity index (χ1v) is 15.7. The molecule has 3 aliphatic rings. The summed E-state index contributed by atoms with van der Waals surface area (Å²) < 4.78 is 50.3. The summed E-state index contributed by atoms with van der Waals surface area (Å²) in [7, 11) is -2.76. The Bertz CT molecular complexity index is 1500. The van der Waals surface area contributed by atoms with Crippen LogP contribution in [0.3, 0.4) is 0 Å². The number of esters is 1. The Morgan fingerprint density at radius 2 is 2.02 bits per heavy atom. The number of rotatable bonds is 11. The molecule has 43 heavy (non-hydrogen) atoms. The molecule has 1 saturated carbocycles. The third-order valence-electron chi connectivity index (χ3n) is 7.96. The van der Waals surface area contributed by atoms with Gasteiger partial charge in [-0.2, -0.15) is 15.1 Å². The molecule has 2 aromatic heterocycles. The molecule has 1 spiro atoms. The number of fused-ring (bicyclic) bond motifs is 1. The van der Waals surface area contributed by atoms with E-state index in [1.165, 1.54) is 20.4 Å². The van der Waals surface area contributed by atoms with E-state index >= 15 is 0 Å². The number of aromatic nitrogens is 4. The smallest absolute Gasteiger partial charge is 0.459 e. The largest absolute Gasteiger partial charge is 0.479 e. The highest BCUT2D eigenvalue weighted by molar-refractivity contribution is 7.52. The number of carbonyl (C=O) groups is 1. The van der Waals surface area contributed by atoms with Crippen LogP contribution in [-0.2, 0) is 28.1 Å². The number of aliphatic hydroxyl groups is 1. The molecule has 15 nitrogen and oxygen atoms in total. The molecule has 6 rings (SSSR count). The lowest BCUT2D eigenvalue weighted by Gasteiger charge is -2.44. The molecule has 2 saturated heterocycles. The lowest BCUT2D eigenvalue weighted by molar-refractivity contribution is -0.225. The van der Waals surface area contributed by atoms with E-state index in [2.05, 4.69) is 20.0 Å². The second kappa shape index (κ2) is 12.0. The molecule has 1 aromatic carbocycles. The molecule has 4 N–H and O–H groups in total. The fourth-order valence-corrected chi connectivity index (χ4v) is 7.18. The van der Waals surface area contributed by atoms with Crippen LogP contribution in [0.1, 0.15) is 45.3 Å². The number of para-hydroxylation sites is 1. The van der Waals surface area contributed by atoms with Gasteiger partial charge in [-0.1, -0.05) is 18.2 Å². The number of ether oxygens (including phenoxy) is 4. The fourth-order valence-electron chi connectivity index (χ4n) is 5.68. The van der Waals surface area contributed by atoms with E-state index < -0.39 is 43.8 Å². The molecule has 16 heteroatoms. The molecule has 0 radical (unpaired) electrons. The van der Waals surface area contributed by atoms with E-state index in [1.54, 1.807) is 34.9 Å². The standard InChI is InChI=1S/C27H35N6O9P/c1-16(24(35)40-17-8-6-7-9-17)32-43(36,42-18-10-4-3-5-11-18)39-14-19-21(34)27(12-13-38-27)25(41-19)33-15-29-20-22(33)30-26(28)31-23(20)37-2/h3-5,10-11,15-17,19,21,25,34H,6-9,12-14H2,1-2H3,(H,32,36)(H2,28,30,31)/t16-,19+,21+,25+,27+,43-/m0/s1. The minimum absolute atomic E-state index is 0.0289. The Balaban J connectivity index is 1.21. The highest BCUT2D eigenvalue weighted by atomic mass is 31.2. The van der Waals surface area contributed by atoms with Crippen molar-refractivity contribution in [3.05, 3.63) is 36.7 Å². The molecule has 2 aliphatic heterocycles. The van der Waals surface area contributed by atoms with Crippen LogP contribution in [0.25, 0.3) is 11.2 Å². The first kappa shape index (κ1) is 29.7. The number of imidazole rings is 1. The number of hydrogen-bond donors (Lipinski definition) is 3. The number of aliphatic hydroxyl groups excluding tert-OH is 1. The number of nitrogen functional groups attached to an aromatic ring is 1. The van der Waals surface area contributed by atoms with Crippen molar-refractivity contribution in [3.63, 3.8) is 0 Å². The molecule has 0 unspecified atom stereocenters. The van der Waals surface area contributed by atoms with Crippen LogP contribution < -0.4 is 20.1 Å². The summed E-state index contributed by atoms with van der Waals surface area (Å²) >= 11 is 0. The van der Waals surface area contributed by atoms with Crippen molar-refractivity contribution in [2.24, 2.45) is 0 Å². The zero-order chi connectivity index (χ0) is 30.2. The third-order valence-corrected chi connectivity index (χ3v) is 9.60. The quantitative estimate of drug-likeness (QED) is 0.210.